The highest BCUT2D eigenvalue weighted by atomic mass is 32.1. The third kappa shape index (κ3) is 3.49. The average Bonchev–Trinajstić information content (AvgIpc) is 3.17. The predicted molar refractivity (Wildman–Crippen MR) is 83.7 cm³/mol. The van der Waals surface area contributed by atoms with Gasteiger partial charge in [-0.2, -0.15) is 4.98 Å². The number of nitrogens with zero attached hydrogens (tertiary/aromatic N) is 3. The van der Waals surface area contributed by atoms with Gasteiger partial charge in [-0.15, -0.1) is 11.3 Å². The summed E-state index contributed by atoms with van der Waals surface area (Å²) in [6.45, 7) is 3.19. The largest absolute Gasteiger partial charge is 0.497 e. The van der Waals surface area contributed by atoms with Gasteiger partial charge in [-0.05, 0) is 31.2 Å². The number of hydrogen-bond donors (Lipinski definition) is 1. The van der Waals surface area contributed by atoms with Crippen molar-refractivity contribution >= 4 is 11.3 Å². The molecule has 6 nitrogen and oxygen atoms in total. The van der Waals surface area contributed by atoms with Crippen LogP contribution in [-0.2, 0) is 13.1 Å². The summed E-state index contributed by atoms with van der Waals surface area (Å²) >= 11 is 1.64. The Labute approximate surface area is 132 Å². The van der Waals surface area contributed by atoms with Gasteiger partial charge in [-0.25, -0.2) is 4.98 Å². The topological polar surface area (TPSA) is 73.1 Å². The Kier molecular flexibility index (Phi) is 4.45. The van der Waals surface area contributed by atoms with Gasteiger partial charge in [0.1, 0.15) is 5.75 Å². The minimum atomic E-state index is 0.514. The second kappa shape index (κ2) is 6.67. The van der Waals surface area contributed by atoms with Crippen molar-refractivity contribution in [1.29, 1.82) is 0 Å². The highest BCUT2D eigenvalue weighted by molar-refractivity contribution is 7.09. The summed E-state index contributed by atoms with van der Waals surface area (Å²) in [6, 6.07) is 7.54. The average molecular weight is 316 g/mol. The van der Waals surface area contributed by atoms with Crippen molar-refractivity contribution in [3.8, 4) is 17.1 Å². The van der Waals surface area contributed by atoms with E-state index in [2.05, 4.69) is 20.4 Å². The highest BCUT2D eigenvalue weighted by Crippen LogP contribution is 2.19. The molecule has 0 atom stereocenters. The molecule has 0 aliphatic rings. The summed E-state index contributed by atoms with van der Waals surface area (Å²) < 4.78 is 10.4. The van der Waals surface area contributed by atoms with Crippen molar-refractivity contribution in [2.45, 2.75) is 20.0 Å². The fourth-order valence-electron chi connectivity index (χ4n) is 1.97. The molecule has 0 bridgehead atoms. The van der Waals surface area contributed by atoms with E-state index in [4.69, 9.17) is 9.26 Å². The van der Waals surface area contributed by atoms with Crippen LogP contribution in [0.5, 0.6) is 5.75 Å². The van der Waals surface area contributed by atoms with Crippen molar-refractivity contribution in [2.24, 2.45) is 0 Å². The van der Waals surface area contributed by atoms with Crippen LogP contribution < -0.4 is 10.1 Å². The van der Waals surface area contributed by atoms with E-state index in [-0.39, 0.29) is 0 Å². The van der Waals surface area contributed by atoms with Crippen LogP contribution in [0.1, 0.15) is 16.6 Å². The van der Waals surface area contributed by atoms with E-state index in [1.807, 2.05) is 36.6 Å². The number of ether oxygens (including phenoxy) is 1. The lowest BCUT2D eigenvalue weighted by Crippen LogP contribution is -2.13. The molecule has 114 valence electrons. The molecule has 3 rings (SSSR count). The summed E-state index contributed by atoms with van der Waals surface area (Å²) in [6.07, 6.45) is 0. The first-order chi connectivity index (χ1) is 10.7. The van der Waals surface area contributed by atoms with Crippen LogP contribution in [0.3, 0.4) is 0 Å². The first-order valence-corrected chi connectivity index (χ1v) is 7.71. The van der Waals surface area contributed by atoms with Gasteiger partial charge < -0.3 is 14.6 Å². The molecule has 2 heterocycles. The molecular weight excluding hydrogens is 300 g/mol. The number of nitrogens with one attached hydrogen (secondary N) is 1. The molecule has 0 fully saturated rings. The van der Waals surface area contributed by atoms with Crippen LogP contribution in [0, 0.1) is 6.92 Å². The van der Waals surface area contributed by atoms with E-state index in [9.17, 15) is 0 Å². The summed E-state index contributed by atoms with van der Waals surface area (Å²) in [5, 5.41) is 10.3. The molecule has 0 aliphatic carbocycles. The van der Waals surface area contributed by atoms with Gasteiger partial charge in [0.25, 0.3) is 0 Å². The van der Waals surface area contributed by atoms with Crippen LogP contribution in [0.15, 0.2) is 34.2 Å². The van der Waals surface area contributed by atoms with Gasteiger partial charge in [0.2, 0.25) is 11.7 Å². The van der Waals surface area contributed by atoms with Crippen molar-refractivity contribution < 1.29 is 9.26 Å². The van der Waals surface area contributed by atoms with E-state index in [0.29, 0.717) is 24.8 Å². The van der Waals surface area contributed by atoms with Crippen LogP contribution >= 0.6 is 11.3 Å². The normalized spacial score (nSPS) is 10.8. The van der Waals surface area contributed by atoms with E-state index in [1.54, 1.807) is 18.4 Å². The Morgan fingerprint density at radius 2 is 2.00 bits per heavy atom. The summed E-state index contributed by atoms with van der Waals surface area (Å²) in [5.74, 6) is 1.93. The van der Waals surface area contributed by atoms with Crippen LogP contribution in [-0.4, -0.2) is 22.2 Å². The SMILES string of the molecule is COc1ccc(-c2noc(CNCc3csc(C)n3)n2)cc1. The lowest BCUT2D eigenvalue weighted by molar-refractivity contribution is 0.367. The van der Waals surface area contributed by atoms with Crippen molar-refractivity contribution in [3.05, 3.63) is 46.2 Å². The number of hydrogen-bond acceptors (Lipinski definition) is 7. The predicted octanol–water partition coefficient (Wildman–Crippen LogP) is 2.80. The fraction of sp³-hybridized carbons (Fsp3) is 0.267. The number of rotatable bonds is 6. The third-order valence-electron chi connectivity index (χ3n) is 3.07. The number of methoxy groups -OCH3 is 1. The highest BCUT2D eigenvalue weighted by Gasteiger charge is 2.08. The Balaban J connectivity index is 1.58. The molecule has 1 N–H and O–H groups in total. The van der Waals surface area contributed by atoms with Gasteiger partial charge in [0.05, 0.1) is 24.4 Å². The zero-order chi connectivity index (χ0) is 15.4. The van der Waals surface area contributed by atoms with Crippen LogP contribution in [0.25, 0.3) is 11.4 Å². The van der Waals surface area contributed by atoms with E-state index >= 15 is 0 Å². The molecule has 22 heavy (non-hydrogen) atoms. The maximum Gasteiger partial charge on any atom is 0.240 e. The van der Waals surface area contributed by atoms with Crippen LogP contribution in [0.2, 0.25) is 0 Å². The van der Waals surface area contributed by atoms with Gasteiger partial charge >= 0.3 is 0 Å². The van der Waals surface area contributed by atoms with E-state index in [0.717, 1.165) is 22.0 Å². The Bertz CT molecular complexity index is 736. The second-order valence-electron chi connectivity index (χ2n) is 4.70. The van der Waals surface area contributed by atoms with E-state index in [1.165, 1.54) is 0 Å². The van der Waals surface area contributed by atoms with Crippen LogP contribution in [0.4, 0.5) is 0 Å². The van der Waals surface area contributed by atoms with Gasteiger partial charge in [-0.3, -0.25) is 0 Å². The summed E-state index contributed by atoms with van der Waals surface area (Å²) in [7, 11) is 1.64. The van der Waals surface area contributed by atoms with E-state index < -0.39 is 0 Å². The van der Waals surface area contributed by atoms with Crippen molar-refractivity contribution in [2.75, 3.05) is 7.11 Å². The Morgan fingerprint density at radius 1 is 1.18 bits per heavy atom. The summed E-state index contributed by atoms with van der Waals surface area (Å²) in [4.78, 5) is 8.76. The Morgan fingerprint density at radius 3 is 2.68 bits per heavy atom. The molecule has 7 heteroatoms. The first-order valence-electron chi connectivity index (χ1n) is 6.83. The maximum absolute atomic E-state index is 5.25. The summed E-state index contributed by atoms with van der Waals surface area (Å²) in [5.41, 5.74) is 1.92. The van der Waals surface area contributed by atoms with Gasteiger partial charge in [0, 0.05) is 17.5 Å². The molecular formula is C15H16N4O2S. The first kappa shape index (κ1) is 14.7. The zero-order valence-corrected chi connectivity index (χ0v) is 13.2. The number of thiazole rings is 1. The maximum atomic E-state index is 5.25. The van der Waals surface area contributed by atoms with Gasteiger partial charge in [0.15, 0.2) is 0 Å². The third-order valence-corrected chi connectivity index (χ3v) is 3.89. The lowest BCUT2D eigenvalue weighted by Gasteiger charge is -1.99. The molecule has 0 spiro atoms. The van der Waals surface area contributed by atoms with Crippen molar-refractivity contribution in [1.82, 2.24) is 20.4 Å². The molecule has 1 aromatic carbocycles. The Hall–Kier alpha value is -2.25. The molecule has 0 unspecified atom stereocenters. The molecule has 3 aromatic rings. The lowest BCUT2D eigenvalue weighted by atomic mass is 10.2. The molecule has 0 aliphatic heterocycles. The number of aromatic nitrogens is 3. The quantitative estimate of drug-likeness (QED) is 0.754. The fourth-order valence-corrected chi connectivity index (χ4v) is 2.58. The second-order valence-corrected chi connectivity index (χ2v) is 5.76. The standard InChI is InChI=1S/C15H16N4O2S/c1-10-17-12(9-22-10)7-16-8-14-18-15(19-21-14)11-3-5-13(20-2)6-4-11/h3-6,9,16H,7-8H2,1-2H3. The van der Waals surface area contributed by atoms with Crippen molar-refractivity contribution in [3.63, 3.8) is 0 Å². The molecule has 2 aromatic heterocycles. The molecule has 0 saturated carbocycles. The van der Waals surface area contributed by atoms with Gasteiger partial charge in [-0.1, -0.05) is 5.16 Å². The molecule has 0 amide bonds. The monoisotopic (exact) mass is 316 g/mol. The zero-order valence-electron chi connectivity index (χ0n) is 12.4. The smallest absolute Gasteiger partial charge is 0.240 e. The minimum Gasteiger partial charge on any atom is -0.497 e. The molecule has 0 saturated heterocycles. The minimum absolute atomic E-state index is 0.514. The number of aryl methyl sites for hydroxylation is 1. The number of benzene rings is 1. The molecule has 0 radical (unpaired) electrons.